The molecule has 0 radical (unpaired) electrons. The summed E-state index contributed by atoms with van der Waals surface area (Å²) >= 11 is 0. The smallest absolute Gasteiger partial charge is 0.274 e. The average molecular weight is 425 g/mol. The highest BCUT2D eigenvalue weighted by atomic mass is 19.1. The zero-order valence-electron chi connectivity index (χ0n) is 17.5. The fourth-order valence-corrected chi connectivity index (χ4v) is 4.41. The van der Waals surface area contributed by atoms with Gasteiger partial charge in [-0.1, -0.05) is 12.1 Å². The zero-order valence-corrected chi connectivity index (χ0v) is 17.5. The molecule has 0 saturated heterocycles. The fraction of sp³-hybridized carbons (Fsp3) is 0.409. The molecule has 2 amide bonds. The van der Waals surface area contributed by atoms with Gasteiger partial charge >= 0.3 is 0 Å². The highest BCUT2D eigenvalue weighted by Gasteiger charge is 2.49. The highest BCUT2D eigenvalue weighted by Crippen LogP contribution is 2.42. The molecule has 8 nitrogen and oxygen atoms in total. The molecular formula is C22H24FN5O3. The number of ether oxygens (including phenoxy) is 1. The lowest BCUT2D eigenvalue weighted by Crippen LogP contribution is -2.43. The third-order valence-corrected chi connectivity index (χ3v) is 6.52. The lowest BCUT2D eigenvalue weighted by Gasteiger charge is -2.29. The summed E-state index contributed by atoms with van der Waals surface area (Å²) in [6.45, 7) is 1.25. The van der Waals surface area contributed by atoms with Crippen molar-refractivity contribution in [1.82, 2.24) is 25.0 Å². The number of halogens is 1. The number of methoxy groups -OCH3 is 1. The molecule has 3 heterocycles. The van der Waals surface area contributed by atoms with Gasteiger partial charge in [0, 0.05) is 43.8 Å². The minimum Gasteiger partial charge on any atom is -0.382 e. The third kappa shape index (κ3) is 3.20. The Morgan fingerprint density at radius 2 is 2.16 bits per heavy atom. The summed E-state index contributed by atoms with van der Waals surface area (Å²) in [5, 5.41) is 7.90. The van der Waals surface area contributed by atoms with E-state index >= 15 is 0 Å². The fourth-order valence-electron chi connectivity index (χ4n) is 4.41. The van der Waals surface area contributed by atoms with E-state index < -0.39 is 5.82 Å². The second kappa shape index (κ2) is 7.19. The molecule has 2 N–H and O–H groups in total. The van der Waals surface area contributed by atoms with Gasteiger partial charge in [-0.05, 0) is 25.0 Å². The molecule has 9 heteroatoms. The number of nitrogens with zero attached hydrogens (tertiary/aromatic N) is 3. The topological polar surface area (TPSA) is 94.3 Å². The van der Waals surface area contributed by atoms with Crippen LogP contribution >= 0.6 is 0 Å². The van der Waals surface area contributed by atoms with Crippen molar-refractivity contribution in [3.8, 4) is 0 Å². The van der Waals surface area contributed by atoms with Gasteiger partial charge in [0.2, 0.25) is 0 Å². The van der Waals surface area contributed by atoms with Crippen molar-refractivity contribution in [2.75, 3.05) is 27.3 Å². The van der Waals surface area contributed by atoms with E-state index in [2.05, 4.69) is 15.2 Å². The maximum atomic E-state index is 14.0. The van der Waals surface area contributed by atoms with Crippen LogP contribution < -0.4 is 0 Å². The summed E-state index contributed by atoms with van der Waals surface area (Å²) in [6, 6.07) is 6.39. The number of carbonyl (C=O) groups is 2. The van der Waals surface area contributed by atoms with Gasteiger partial charge in [0.15, 0.2) is 5.69 Å². The first-order valence-electron chi connectivity index (χ1n) is 10.3. The van der Waals surface area contributed by atoms with Gasteiger partial charge < -0.3 is 19.5 Å². The number of aromatic nitrogens is 3. The summed E-state index contributed by atoms with van der Waals surface area (Å²) < 4.78 is 19.3. The summed E-state index contributed by atoms with van der Waals surface area (Å²) in [4.78, 5) is 32.6. The van der Waals surface area contributed by atoms with E-state index in [9.17, 15) is 14.0 Å². The SMILES string of the molecule is COCC1(N(C)C(=O)c2n[nH]c3c2CN(C(=O)c2cc4cccc(F)c4[nH]2)CC3)CC1. The number of aromatic amines is 2. The number of hydrogen-bond acceptors (Lipinski definition) is 4. The van der Waals surface area contributed by atoms with Crippen molar-refractivity contribution in [1.29, 1.82) is 0 Å². The molecule has 1 aliphatic heterocycles. The first kappa shape index (κ1) is 19.7. The molecule has 31 heavy (non-hydrogen) atoms. The monoisotopic (exact) mass is 425 g/mol. The van der Waals surface area contributed by atoms with Crippen molar-refractivity contribution in [3.05, 3.63) is 52.7 Å². The number of hydrogen-bond donors (Lipinski definition) is 2. The van der Waals surface area contributed by atoms with Gasteiger partial charge in [0.1, 0.15) is 11.5 Å². The molecule has 1 fully saturated rings. The predicted molar refractivity (Wildman–Crippen MR) is 111 cm³/mol. The molecule has 1 aromatic carbocycles. The molecule has 3 aromatic rings. The molecule has 0 atom stereocenters. The number of likely N-dealkylation sites (N-methyl/N-ethyl adjacent to an activating group) is 1. The Kier molecular flexibility index (Phi) is 4.58. The van der Waals surface area contributed by atoms with Crippen molar-refractivity contribution in [2.24, 2.45) is 0 Å². The maximum Gasteiger partial charge on any atom is 0.274 e. The molecule has 0 spiro atoms. The van der Waals surface area contributed by atoms with Crippen molar-refractivity contribution < 1.29 is 18.7 Å². The van der Waals surface area contributed by atoms with Crippen LogP contribution in [-0.4, -0.2) is 69.6 Å². The van der Waals surface area contributed by atoms with Gasteiger partial charge in [0.25, 0.3) is 11.8 Å². The second-order valence-corrected chi connectivity index (χ2v) is 8.41. The first-order valence-corrected chi connectivity index (χ1v) is 10.3. The molecule has 0 unspecified atom stereocenters. The number of nitrogens with one attached hydrogen (secondary N) is 2. The Morgan fingerprint density at radius 3 is 2.87 bits per heavy atom. The standard InChI is InChI=1S/C22H24FN5O3/c1-27(22(7-8-22)12-31-2)21(30)19-14-11-28(9-6-16(14)25-26-19)20(29)17-10-13-4-3-5-15(23)18(13)24-17/h3-5,10,24H,6-9,11-12H2,1-2H3,(H,25,26). The number of fused-ring (bicyclic) bond motifs is 2. The van der Waals surface area contributed by atoms with Crippen LogP contribution in [0.5, 0.6) is 0 Å². The summed E-state index contributed by atoms with van der Waals surface area (Å²) in [5.41, 5.74) is 2.34. The van der Waals surface area contributed by atoms with E-state index in [1.165, 1.54) is 6.07 Å². The molecule has 5 rings (SSSR count). The normalized spacial score (nSPS) is 16.9. The summed E-state index contributed by atoms with van der Waals surface area (Å²) in [5.74, 6) is -0.797. The summed E-state index contributed by atoms with van der Waals surface area (Å²) in [7, 11) is 3.41. The van der Waals surface area contributed by atoms with Gasteiger partial charge in [0.05, 0.1) is 24.2 Å². The Morgan fingerprint density at radius 1 is 1.35 bits per heavy atom. The third-order valence-electron chi connectivity index (χ3n) is 6.52. The Bertz CT molecular complexity index is 1180. The van der Waals surface area contributed by atoms with E-state index in [1.54, 1.807) is 42.2 Å². The Balaban J connectivity index is 1.39. The predicted octanol–water partition coefficient (Wildman–Crippen LogP) is 2.48. The maximum absolute atomic E-state index is 14.0. The molecular weight excluding hydrogens is 401 g/mol. The minimum atomic E-state index is -0.395. The number of H-pyrrole nitrogens is 2. The van der Waals surface area contributed by atoms with E-state index in [1.807, 2.05) is 0 Å². The van der Waals surface area contributed by atoms with Gasteiger partial charge in [-0.25, -0.2) is 4.39 Å². The van der Waals surface area contributed by atoms with Crippen LogP contribution in [0.2, 0.25) is 0 Å². The largest absolute Gasteiger partial charge is 0.382 e. The molecule has 2 aromatic heterocycles. The quantitative estimate of drug-likeness (QED) is 0.657. The van der Waals surface area contributed by atoms with Crippen molar-refractivity contribution >= 4 is 22.7 Å². The number of rotatable bonds is 5. The van der Waals surface area contributed by atoms with Crippen molar-refractivity contribution in [3.63, 3.8) is 0 Å². The molecule has 1 aliphatic carbocycles. The van der Waals surface area contributed by atoms with Crippen LogP contribution in [0.4, 0.5) is 4.39 Å². The van der Waals surface area contributed by atoms with Crippen LogP contribution in [0, 0.1) is 5.82 Å². The number of amides is 2. The summed E-state index contributed by atoms with van der Waals surface area (Å²) in [6.07, 6.45) is 2.37. The molecule has 162 valence electrons. The lowest BCUT2D eigenvalue weighted by atomic mass is 10.0. The van der Waals surface area contributed by atoms with Gasteiger partial charge in [-0.3, -0.25) is 14.7 Å². The first-order chi connectivity index (χ1) is 14.9. The van der Waals surface area contributed by atoms with Crippen LogP contribution in [0.3, 0.4) is 0 Å². The number of carbonyl (C=O) groups excluding carboxylic acids is 2. The van der Waals surface area contributed by atoms with Gasteiger partial charge in [-0.2, -0.15) is 5.10 Å². The van der Waals surface area contributed by atoms with Crippen LogP contribution in [0.1, 0.15) is 45.1 Å². The van der Waals surface area contributed by atoms with Crippen LogP contribution in [0.25, 0.3) is 10.9 Å². The molecule has 2 aliphatic rings. The lowest BCUT2D eigenvalue weighted by molar-refractivity contribution is 0.0541. The molecule has 0 bridgehead atoms. The number of benzene rings is 1. The van der Waals surface area contributed by atoms with E-state index in [0.717, 1.165) is 24.1 Å². The second-order valence-electron chi connectivity index (χ2n) is 8.41. The van der Waals surface area contributed by atoms with E-state index in [0.29, 0.717) is 41.9 Å². The Labute approximate surface area is 178 Å². The molecule has 1 saturated carbocycles. The van der Waals surface area contributed by atoms with E-state index in [-0.39, 0.29) is 23.9 Å². The van der Waals surface area contributed by atoms with Crippen LogP contribution in [0.15, 0.2) is 24.3 Å². The van der Waals surface area contributed by atoms with E-state index in [4.69, 9.17) is 4.74 Å². The van der Waals surface area contributed by atoms with Crippen LogP contribution in [-0.2, 0) is 17.7 Å². The van der Waals surface area contributed by atoms with Crippen molar-refractivity contribution in [2.45, 2.75) is 31.3 Å². The highest BCUT2D eigenvalue weighted by molar-refractivity contribution is 5.99. The Hall–Kier alpha value is -3.20. The minimum absolute atomic E-state index is 0.172. The van der Waals surface area contributed by atoms with Gasteiger partial charge in [-0.15, -0.1) is 0 Å². The zero-order chi connectivity index (χ0) is 21.8. The average Bonchev–Trinajstić information content (AvgIpc) is 3.23. The number of para-hydroxylation sites is 1.